The number of carbonyl (C=O) groups is 1. The second-order valence-electron chi connectivity index (χ2n) is 6.29. The third-order valence-electron chi connectivity index (χ3n) is 5.02. The number of likely N-dealkylation sites (tertiary alicyclic amines) is 1. The molecule has 0 aromatic heterocycles. The van der Waals surface area contributed by atoms with Gasteiger partial charge in [-0.2, -0.15) is 0 Å². The number of nitrogens with zero attached hydrogens (tertiary/aromatic N) is 1. The molecule has 2 N–H and O–H groups in total. The van der Waals surface area contributed by atoms with Gasteiger partial charge in [-0.05, 0) is 50.2 Å². The van der Waals surface area contributed by atoms with Crippen molar-refractivity contribution >= 4 is 11.6 Å². The van der Waals surface area contributed by atoms with E-state index in [0.717, 1.165) is 24.1 Å². The quantitative estimate of drug-likeness (QED) is 0.797. The van der Waals surface area contributed by atoms with Crippen molar-refractivity contribution in [3.05, 3.63) is 29.3 Å². The Kier molecular flexibility index (Phi) is 3.68. The highest BCUT2D eigenvalue weighted by Crippen LogP contribution is 2.36. The lowest BCUT2D eigenvalue weighted by atomic mass is 9.78. The van der Waals surface area contributed by atoms with Gasteiger partial charge >= 0.3 is 0 Å². The average molecular weight is 272 g/mol. The van der Waals surface area contributed by atoms with Crippen LogP contribution in [-0.4, -0.2) is 23.4 Å². The Hall–Kier alpha value is -1.51. The smallest absolute Gasteiger partial charge is 0.256 e. The Bertz CT molecular complexity index is 489. The third kappa shape index (κ3) is 2.30. The Morgan fingerprint density at radius 1 is 1.20 bits per heavy atom. The van der Waals surface area contributed by atoms with Crippen LogP contribution in [0.2, 0.25) is 0 Å². The molecule has 3 heteroatoms. The van der Waals surface area contributed by atoms with Crippen LogP contribution >= 0.6 is 0 Å². The van der Waals surface area contributed by atoms with Gasteiger partial charge in [0.05, 0.1) is 5.56 Å². The van der Waals surface area contributed by atoms with E-state index in [4.69, 9.17) is 5.73 Å². The van der Waals surface area contributed by atoms with Crippen molar-refractivity contribution in [1.29, 1.82) is 0 Å². The number of amides is 1. The van der Waals surface area contributed by atoms with Crippen LogP contribution in [0.15, 0.2) is 18.2 Å². The summed E-state index contributed by atoms with van der Waals surface area (Å²) in [4.78, 5) is 15.1. The number of rotatable bonds is 1. The summed E-state index contributed by atoms with van der Waals surface area (Å²) in [6, 6.07) is 6.18. The molecule has 108 valence electrons. The summed E-state index contributed by atoms with van der Waals surface area (Å²) in [7, 11) is 0. The molecule has 0 radical (unpaired) electrons. The molecule has 1 heterocycles. The molecular weight excluding hydrogens is 248 g/mol. The molecule has 2 aliphatic rings. The summed E-state index contributed by atoms with van der Waals surface area (Å²) in [5.41, 5.74) is 8.38. The lowest BCUT2D eigenvalue weighted by molar-refractivity contribution is 0.0391. The maximum absolute atomic E-state index is 12.9. The van der Waals surface area contributed by atoms with E-state index >= 15 is 0 Å². The molecule has 3 rings (SSSR count). The molecule has 0 spiro atoms. The fraction of sp³-hybridized carbons (Fsp3) is 0.588. The number of hydrogen-bond acceptors (Lipinski definition) is 2. The van der Waals surface area contributed by atoms with Gasteiger partial charge in [0.2, 0.25) is 0 Å². The van der Waals surface area contributed by atoms with Gasteiger partial charge in [0, 0.05) is 18.3 Å². The van der Waals surface area contributed by atoms with Gasteiger partial charge in [-0.1, -0.05) is 25.0 Å². The maximum atomic E-state index is 12.9. The van der Waals surface area contributed by atoms with Crippen molar-refractivity contribution in [2.24, 2.45) is 5.92 Å². The molecular formula is C17H24N2O. The van der Waals surface area contributed by atoms with E-state index < -0.39 is 0 Å². The number of nitrogens with two attached hydrogens (primary N) is 1. The molecule has 2 fully saturated rings. The van der Waals surface area contributed by atoms with Crippen molar-refractivity contribution in [3.63, 3.8) is 0 Å². The first-order valence-electron chi connectivity index (χ1n) is 7.84. The molecule has 1 aliphatic carbocycles. The zero-order valence-corrected chi connectivity index (χ0v) is 12.3. The topological polar surface area (TPSA) is 46.3 Å². The molecule has 2 unspecified atom stereocenters. The first-order valence-corrected chi connectivity index (χ1v) is 7.84. The molecule has 1 aromatic rings. The van der Waals surface area contributed by atoms with E-state index in [9.17, 15) is 4.79 Å². The van der Waals surface area contributed by atoms with Crippen molar-refractivity contribution in [3.8, 4) is 0 Å². The van der Waals surface area contributed by atoms with E-state index in [1.165, 1.54) is 32.1 Å². The second kappa shape index (κ2) is 5.47. The van der Waals surface area contributed by atoms with Crippen LogP contribution in [0.3, 0.4) is 0 Å². The predicted octanol–water partition coefficient (Wildman–Crippen LogP) is 3.37. The minimum Gasteiger partial charge on any atom is -0.398 e. The number of carbonyl (C=O) groups excluding carboxylic acids is 1. The van der Waals surface area contributed by atoms with Crippen molar-refractivity contribution in [2.45, 2.75) is 51.5 Å². The van der Waals surface area contributed by atoms with Crippen molar-refractivity contribution in [1.82, 2.24) is 4.90 Å². The molecule has 20 heavy (non-hydrogen) atoms. The fourth-order valence-electron chi connectivity index (χ4n) is 4.00. The van der Waals surface area contributed by atoms with Crippen molar-refractivity contribution < 1.29 is 4.79 Å². The van der Waals surface area contributed by atoms with E-state index in [1.807, 2.05) is 25.1 Å². The van der Waals surface area contributed by atoms with Gasteiger partial charge in [0.15, 0.2) is 0 Å². The number of fused-ring (bicyclic) bond motifs is 1. The highest BCUT2D eigenvalue weighted by Gasteiger charge is 2.36. The number of hydrogen-bond donors (Lipinski definition) is 1. The van der Waals surface area contributed by atoms with Crippen molar-refractivity contribution in [2.75, 3.05) is 12.3 Å². The van der Waals surface area contributed by atoms with Crippen LogP contribution in [0.25, 0.3) is 0 Å². The van der Waals surface area contributed by atoms with Gasteiger partial charge in [-0.3, -0.25) is 4.79 Å². The molecule has 1 aromatic carbocycles. The third-order valence-corrected chi connectivity index (χ3v) is 5.02. The van der Waals surface area contributed by atoms with E-state index in [0.29, 0.717) is 17.6 Å². The number of piperidine rings is 1. The first kappa shape index (κ1) is 13.5. The van der Waals surface area contributed by atoms with Crippen LogP contribution in [0.5, 0.6) is 0 Å². The van der Waals surface area contributed by atoms with Gasteiger partial charge in [-0.25, -0.2) is 0 Å². The first-order chi connectivity index (χ1) is 9.68. The maximum Gasteiger partial charge on any atom is 0.256 e. The van der Waals surface area contributed by atoms with Crippen LogP contribution in [0.1, 0.15) is 54.4 Å². The normalized spacial score (nSPS) is 26.1. The van der Waals surface area contributed by atoms with E-state index in [-0.39, 0.29) is 5.91 Å². The minimum absolute atomic E-state index is 0.150. The summed E-state index contributed by atoms with van der Waals surface area (Å²) in [6.45, 7) is 2.87. The van der Waals surface area contributed by atoms with E-state index in [1.54, 1.807) is 0 Å². The Balaban J connectivity index is 1.89. The Labute approximate surface area is 121 Å². The van der Waals surface area contributed by atoms with Gasteiger partial charge in [0.1, 0.15) is 0 Å². The highest BCUT2D eigenvalue weighted by atomic mass is 16.2. The predicted molar refractivity (Wildman–Crippen MR) is 81.6 cm³/mol. The highest BCUT2D eigenvalue weighted by molar-refractivity contribution is 6.00. The average Bonchev–Trinajstić information content (AvgIpc) is 2.46. The minimum atomic E-state index is 0.150. The number of aryl methyl sites for hydroxylation is 1. The second-order valence-corrected chi connectivity index (χ2v) is 6.29. The molecule has 1 saturated heterocycles. The van der Waals surface area contributed by atoms with Gasteiger partial charge in [0.25, 0.3) is 5.91 Å². The molecule has 2 atom stereocenters. The summed E-state index contributed by atoms with van der Waals surface area (Å²) in [5.74, 6) is 0.865. The zero-order chi connectivity index (χ0) is 14.1. The van der Waals surface area contributed by atoms with Gasteiger partial charge in [-0.15, -0.1) is 0 Å². The summed E-state index contributed by atoms with van der Waals surface area (Å²) < 4.78 is 0. The standard InChI is InChI=1S/C17H24N2O/c1-12-6-4-9-14(18)16(12)17(20)19-11-5-8-13-7-2-3-10-15(13)19/h4,6,9,13,15H,2-3,5,7-8,10-11,18H2,1H3. The molecule has 1 saturated carbocycles. The molecule has 1 aliphatic heterocycles. The SMILES string of the molecule is Cc1cccc(N)c1C(=O)N1CCCC2CCCCC21. The largest absolute Gasteiger partial charge is 0.398 e. The van der Waals surface area contributed by atoms with Crippen LogP contribution in [0, 0.1) is 12.8 Å². The number of anilines is 1. The summed E-state index contributed by atoms with van der Waals surface area (Å²) >= 11 is 0. The lowest BCUT2D eigenvalue weighted by Gasteiger charge is -2.44. The summed E-state index contributed by atoms with van der Waals surface area (Å²) in [6.07, 6.45) is 7.47. The van der Waals surface area contributed by atoms with Crippen LogP contribution in [0.4, 0.5) is 5.69 Å². The number of benzene rings is 1. The summed E-state index contributed by atoms with van der Waals surface area (Å²) in [5, 5.41) is 0. The molecule has 3 nitrogen and oxygen atoms in total. The Morgan fingerprint density at radius 3 is 2.75 bits per heavy atom. The molecule has 0 bridgehead atoms. The zero-order valence-electron chi connectivity index (χ0n) is 12.3. The Morgan fingerprint density at radius 2 is 1.95 bits per heavy atom. The van der Waals surface area contributed by atoms with Crippen LogP contribution < -0.4 is 5.73 Å². The monoisotopic (exact) mass is 272 g/mol. The van der Waals surface area contributed by atoms with E-state index in [2.05, 4.69) is 4.90 Å². The number of nitrogen functional groups attached to an aromatic ring is 1. The van der Waals surface area contributed by atoms with Gasteiger partial charge < -0.3 is 10.6 Å². The van der Waals surface area contributed by atoms with Crippen LogP contribution in [-0.2, 0) is 0 Å². The molecule has 1 amide bonds. The fourth-order valence-corrected chi connectivity index (χ4v) is 4.00. The lowest BCUT2D eigenvalue weighted by Crippen LogP contribution is -2.49.